The molecule has 234 valence electrons. The van der Waals surface area contributed by atoms with Crippen LogP contribution in [0.5, 0.6) is 5.75 Å². The second kappa shape index (κ2) is 15.5. The number of nitrogens with one attached hydrogen (secondary N) is 1. The molecular weight excluding hydrogens is 570 g/mol. The standard InChI is InChI=1S/C29H36FN3O3.C2HF3O2/c1-36-27-16-20(11-13-24(27)30)12-14-26(34)25(15-19-7-3-2-4-8-19)32-29(31)33-28(35)23-17-21-9-5-6-10-22(21)18-23;3-2(4,5)1(6)7/h5-6,9-11,13,16,19,23,25H,2-4,7-8,12,14-15,17-18H2,1H3,(H3,31,32,33,35);(H,6,7)/t25-;/m1./s1. The van der Waals surface area contributed by atoms with E-state index in [1.165, 1.54) is 43.6 Å². The number of guanidine groups is 1. The highest BCUT2D eigenvalue weighted by Crippen LogP contribution is 2.29. The quantitative estimate of drug-likeness (QED) is 0.205. The molecule has 1 atom stereocenters. The van der Waals surface area contributed by atoms with Crippen LogP contribution in [-0.2, 0) is 33.6 Å². The number of carboxylic acids is 1. The van der Waals surface area contributed by atoms with Crippen LogP contribution in [0.1, 0.15) is 61.6 Å². The topological polar surface area (TPSA) is 131 Å². The molecule has 0 spiro atoms. The summed E-state index contributed by atoms with van der Waals surface area (Å²) in [6.45, 7) is 0. The number of aryl methyl sites for hydroxylation is 1. The van der Waals surface area contributed by atoms with Gasteiger partial charge in [-0.3, -0.25) is 14.9 Å². The van der Waals surface area contributed by atoms with Crippen molar-refractivity contribution in [3.63, 3.8) is 0 Å². The molecule has 8 nitrogen and oxygen atoms in total. The molecule has 1 amide bonds. The van der Waals surface area contributed by atoms with Gasteiger partial charge in [-0.2, -0.15) is 13.2 Å². The first-order valence-electron chi connectivity index (χ1n) is 14.2. The third-order valence-electron chi connectivity index (χ3n) is 7.74. The highest BCUT2D eigenvalue weighted by atomic mass is 19.4. The Labute approximate surface area is 247 Å². The molecule has 2 aromatic rings. The number of carboxylic acid groups (broad SMARTS) is 1. The van der Waals surface area contributed by atoms with E-state index >= 15 is 0 Å². The smallest absolute Gasteiger partial charge is 0.490 e. The number of ether oxygens (including phenoxy) is 1. The number of halogens is 4. The Morgan fingerprint density at radius 2 is 1.67 bits per heavy atom. The molecule has 0 aromatic heterocycles. The number of ketones is 1. The first-order chi connectivity index (χ1) is 20.4. The van der Waals surface area contributed by atoms with Crippen molar-refractivity contribution in [2.75, 3.05) is 7.11 Å². The molecule has 1 fully saturated rings. The fourth-order valence-electron chi connectivity index (χ4n) is 5.46. The summed E-state index contributed by atoms with van der Waals surface area (Å²) >= 11 is 0. The van der Waals surface area contributed by atoms with Gasteiger partial charge in [0.25, 0.3) is 0 Å². The van der Waals surface area contributed by atoms with Crippen LogP contribution in [-0.4, -0.2) is 48.1 Å². The van der Waals surface area contributed by atoms with Gasteiger partial charge in [0.2, 0.25) is 5.91 Å². The average molecular weight is 608 g/mol. The van der Waals surface area contributed by atoms with Gasteiger partial charge in [0, 0.05) is 12.3 Å². The Morgan fingerprint density at radius 1 is 1.07 bits per heavy atom. The number of methoxy groups -OCH3 is 1. The summed E-state index contributed by atoms with van der Waals surface area (Å²) in [4.78, 5) is 39.5. The number of nitrogens with two attached hydrogens (primary N) is 1. The largest absolute Gasteiger partial charge is 0.494 e. The maximum absolute atomic E-state index is 13.7. The Morgan fingerprint density at radius 3 is 2.23 bits per heavy atom. The van der Waals surface area contributed by atoms with E-state index in [0.717, 1.165) is 18.4 Å². The lowest BCUT2D eigenvalue weighted by molar-refractivity contribution is -0.192. The van der Waals surface area contributed by atoms with Gasteiger partial charge >= 0.3 is 12.1 Å². The third kappa shape index (κ3) is 10.4. The van der Waals surface area contributed by atoms with E-state index in [9.17, 15) is 27.2 Å². The Bertz CT molecular complexity index is 1280. The zero-order valence-electron chi connectivity index (χ0n) is 24.0. The van der Waals surface area contributed by atoms with Crippen molar-refractivity contribution < 1.29 is 41.8 Å². The van der Waals surface area contributed by atoms with Crippen molar-refractivity contribution in [2.24, 2.45) is 22.6 Å². The average Bonchev–Trinajstić information content (AvgIpc) is 3.41. The van der Waals surface area contributed by atoms with Crippen LogP contribution in [0, 0.1) is 17.7 Å². The third-order valence-corrected chi connectivity index (χ3v) is 7.74. The number of hydrogen-bond acceptors (Lipinski definition) is 5. The number of nitrogens with zero attached hydrogens (tertiary/aromatic N) is 1. The zero-order valence-corrected chi connectivity index (χ0v) is 24.0. The van der Waals surface area contributed by atoms with Crippen molar-refractivity contribution in [3.05, 3.63) is 65.0 Å². The molecule has 12 heteroatoms. The van der Waals surface area contributed by atoms with Crippen LogP contribution in [0.25, 0.3) is 0 Å². The van der Waals surface area contributed by atoms with E-state index in [1.807, 2.05) is 12.1 Å². The van der Waals surface area contributed by atoms with E-state index < -0.39 is 24.0 Å². The Balaban J connectivity index is 0.000000646. The molecule has 2 aromatic carbocycles. The predicted octanol–water partition coefficient (Wildman–Crippen LogP) is 5.15. The van der Waals surface area contributed by atoms with E-state index in [4.69, 9.17) is 20.4 Å². The molecule has 0 aliphatic heterocycles. The second-order valence-electron chi connectivity index (χ2n) is 10.9. The minimum atomic E-state index is -5.08. The molecule has 1 saturated carbocycles. The van der Waals surface area contributed by atoms with Gasteiger partial charge in [0.1, 0.15) is 6.04 Å². The van der Waals surface area contributed by atoms with Crippen molar-refractivity contribution in [2.45, 2.75) is 76.4 Å². The summed E-state index contributed by atoms with van der Waals surface area (Å²) in [5.41, 5.74) is 9.37. The first kappa shape index (κ1) is 33.5. The first-order valence-corrected chi connectivity index (χ1v) is 14.2. The summed E-state index contributed by atoms with van der Waals surface area (Å²) in [6.07, 6.45) is 3.36. The molecule has 2 aliphatic carbocycles. The molecule has 0 heterocycles. The Hall–Kier alpha value is -3.96. The zero-order chi connectivity index (χ0) is 31.6. The number of fused-ring (bicyclic) bond motifs is 1. The maximum Gasteiger partial charge on any atom is 0.490 e. The van der Waals surface area contributed by atoms with Crippen LogP contribution >= 0.6 is 0 Å². The van der Waals surface area contributed by atoms with Gasteiger partial charge in [-0.25, -0.2) is 14.2 Å². The van der Waals surface area contributed by atoms with Crippen molar-refractivity contribution in [1.29, 1.82) is 0 Å². The lowest BCUT2D eigenvalue weighted by atomic mass is 9.83. The molecule has 43 heavy (non-hydrogen) atoms. The lowest BCUT2D eigenvalue weighted by Gasteiger charge is -2.24. The maximum atomic E-state index is 13.7. The van der Waals surface area contributed by atoms with Gasteiger partial charge in [-0.1, -0.05) is 62.4 Å². The number of hydrogen-bond donors (Lipinski definition) is 3. The van der Waals surface area contributed by atoms with Gasteiger partial charge < -0.3 is 15.6 Å². The minimum absolute atomic E-state index is 0.00793. The highest BCUT2D eigenvalue weighted by molar-refractivity contribution is 5.99. The van der Waals surface area contributed by atoms with Gasteiger partial charge in [0.05, 0.1) is 7.11 Å². The highest BCUT2D eigenvalue weighted by Gasteiger charge is 2.38. The molecule has 0 saturated heterocycles. The summed E-state index contributed by atoms with van der Waals surface area (Å²) in [5, 5.41) is 9.88. The van der Waals surface area contributed by atoms with Crippen molar-refractivity contribution in [1.82, 2.24) is 5.32 Å². The number of aliphatic imine (C=N–C) groups is 1. The minimum Gasteiger partial charge on any atom is -0.494 e. The summed E-state index contributed by atoms with van der Waals surface area (Å²) in [6, 6.07) is 12.1. The van der Waals surface area contributed by atoms with Crippen LogP contribution < -0.4 is 15.8 Å². The van der Waals surface area contributed by atoms with Crippen LogP contribution in [0.4, 0.5) is 17.6 Å². The van der Waals surface area contributed by atoms with E-state index in [1.54, 1.807) is 12.1 Å². The molecule has 0 unspecified atom stereocenters. The summed E-state index contributed by atoms with van der Waals surface area (Å²) in [7, 11) is 1.42. The number of benzene rings is 2. The van der Waals surface area contributed by atoms with E-state index in [2.05, 4.69) is 22.4 Å². The number of aliphatic carboxylic acids is 1. The van der Waals surface area contributed by atoms with Crippen LogP contribution in [0.2, 0.25) is 0 Å². The van der Waals surface area contributed by atoms with E-state index in [0.29, 0.717) is 31.6 Å². The molecule has 4 N–H and O–H groups in total. The number of rotatable bonds is 9. The molecule has 2 aliphatic rings. The predicted molar refractivity (Wildman–Crippen MR) is 152 cm³/mol. The van der Waals surface area contributed by atoms with Crippen molar-refractivity contribution >= 4 is 23.6 Å². The fraction of sp³-hybridized carbons (Fsp3) is 0.484. The van der Waals surface area contributed by atoms with Gasteiger partial charge in [-0.05, 0) is 60.4 Å². The monoisotopic (exact) mass is 607 g/mol. The summed E-state index contributed by atoms with van der Waals surface area (Å²) < 4.78 is 50.5. The molecule has 4 rings (SSSR count). The number of Topliss-reactive ketones (excluding diaryl/α,β-unsaturated/α-hetero) is 1. The van der Waals surface area contributed by atoms with E-state index in [-0.39, 0.29) is 35.7 Å². The van der Waals surface area contributed by atoms with Crippen molar-refractivity contribution in [3.8, 4) is 5.75 Å². The number of amides is 1. The second-order valence-corrected chi connectivity index (χ2v) is 10.9. The Kier molecular flexibility index (Phi) is 12.1. The fourth-order valence-corrected chi connectivity index (χ4v) is 5.46. The SMILES string of the molecule is COc1cc(CCC(=O)[C@@H](CC2CCCCC2)N=C(N)NC(=O)C2Cc3ccccc3C2)ccc1F.O=C(O)C(F)(F)F. The number of carbonyl (C=O) groups is 3. The molecular formula is C31H37F4N3O5. The van der Waals surface area contributed by atoms with Crippen LogP contribution in [0.3, 0.4) is 0 Å². The van der Waals surface area contributed by atoms with Crippen LogP contribution in [0.15, 0.2) is 47.5 Å². The molecule has 0 radical (unpaired) electrons. The summed E-state index contributed by atoms with van der Waals surface area (Å²) in [5.74, 6) is -2.95. The number of carbonyl (C=O) groups excluding carboxylic acids is 2. The normalized spacial score (nSPS) is 16.4. The lowest BCUT2D eigenvalue weighted by Crippen LogP contribution is -2.42. The van der Waals surface area contributed by atoms with Gasteiger partial charge in [-0.15, -0.1) is 0 Å². The van der Waals surface area contributed by atoms with Gasteiger partial charge in [0.15, 0.2) is 23.3 Å². The number of alkyl halides is 3. The molecule has 0 bridgehead atoms.